The van der Waals surface area contributed by atoms with Crippen molar-refractivity contribution in [1.29, 1.82) is 0 Å². The maximum absolute atomic E-state index is 5.66. The summed E-state index contributed by atoms with van der Waals surface area (Å²) in [6.07, 6.45) is 2.79. The number of thiazole rings is 1. The van der Waals surface area contributed by atoms with E-state index in [0.717, 1.165) is 11.3 Å². The van der Waals surface area contributed by atoms with Crippen LogP contribution in [0, 0.1) is 0 Å². The molecule has 2 N–H and O–H groups in total. The molecule has 1 aromatic heterocycles. The van der Waals surface area contributed by atoms with Crippen LogP contribution in [0.25, 0.3) is 10.4 Å². The van der Waals surface area contributed by atoms with Gasteiger partial charge in [0.1, 0.15) is 0 Å². The van der Waals surface area contributed by atoms with E-state index in [1.807, 2.05) is 12.3 Å². The average molecular weight is 266 g/mol. The van der Waals surface area contributed by atoms with E-state index in [1.54, 1.807) is 0 Å². The fourth-order valence-corrected chi connectivity index (χ4v) is 2.73. The standard InChI is InChI=1S/C16H14N2S/c17-16-18-11-15(19-16)14-8-6-13(7-9-14)10-12-4-2-1-3-5-12/h1-9,11H,10H2,(H2,17,18). The van der Waals surface area contributed by atoms with Crippen molar-refractivity contribution in [2.75, 3.05) is 5.73 Å². The van der Waals surface area contributed by atoms with Crippen molar-refractivity contribution in [3.8, 4) is 10.4 Å². The molecule has 2 aromatic carbocycles. The number of nitrogens with two attached hydrogens (primary N) is 1. The molecule has 0 bridgehead atoms. The molecule has 0 atom stereocenters. The van der Waals surface area contributed by atoms with E-state index in [-0.39, 0.29) is 0 Å². The Kier molecular flexibility index (Phi) is 3.29. The summed E-state index contributed by atoms with van der Waals surface area (Å²) in [5.41, 5.74) is 9.47. The van der Waals surface area contributed by atoms with Gasteiger partial charge in [-0.05, 0) is 23.1 Å². The Morgan fingerprint density at radius 1 is 0.895 bits per heavy atom. The fraction of sp³-hybridized carbons (Fsp3) is 0.0625. The molecular weight excluding hydrogens is 252 g/mol. The maximum Gasteiger partial charge on any atom is 0.180 e. The van der Waals surface area contributed by atoms with Crippen LogP contribution in [0.1, 0.15) is 11.1 Å². The predicted octanol–water partition coefficient (Wildman–Crippen LogP) is 3.98. The Bertz CT molecular complexity index is 657. The minimum atomic E-state index is 0.614. The summed E-state index contributed by atoms with van der Waals surface area (Å²) >= 11 is 1.52. The number of benzene rings is 2. The zero-order valence-corrected chi connectivity index (χ0v) is 11.2. The van der Waals surface area contributed by atoms with Crippen LogP contribution in [0.2, 0.25) is 0 Å². The van der Waals surface area contributed by atoms with E-state index < -0.39 is 0 Å². The van der Waals surface area contributed by atoms with Gasteiger partial charge in [-0.25, -0.2) is 4.98 Å². The molecule has 3 aromatic rings. The van der Waals surface area contributed by atoms with Crippen molar-refractivity contribution < 1.29 is 0 Å². The van der Waals surface area contributed by atoms with Crippen LogP contribution < -0.4 is 5.73 Å². The third-order valence-corrected chi connectivity index (χ3v) is 3.89. The molecule has 3 heteroatoms. The number of nitrogen functional groups attached to an aromatic ring is 1. The highest BCUT2D eigenvalue weighted by atomic mass is 32.1. The molecule has 0 aliphatic carbocycles. The summed E-state index contributed by atoms with van der Waals surface area (Å²) in [5, 5.41) is 0.614. The number of anilines is 1. The zero-order chi connectivity index (χ0) is 13.1. The fourth-order valence-electron chi connectivity index (χ4n) is 2.04. The minimum Gasteiger partial charge on any atom is -0.375 e. The number of hydrogen-bond acceptors (Lipinski definition) is 3. The van der Waals surface area contributed by atoms with E-state index in [2.05, 4.69) is 53.5 Å². The van der Waals surface area contributed by atoms with Crippen molar-refractivity contribution in [1.82, 2.24) is 4.98 Å². The lowest BCUT2D eigenvalue weighted by atomic mass is 10.0. The first-order chi connectivity index (χ1) is 9.31. The van der Waals surface area contributed by atoms with E-state index in [1.165, 1.54) is 28.0 Å². The van der Waals surface area contributed by atoms with Gasteiger partial charge in [-0.2, -0.15) is 0 Å². The summed E-state index contributed by atoms with van der Waals surface area (Å²) in [5.74, 6) is 0. The molecule has 0 fully saturated rings. The van der Waals surface area contributed by atoms with Crippen molar-refractivity contribution in [3.05, 3.63) is 71.9 Å². The molecule has 1 heterocycles. The van der Waals surface area contributed by atoms with E-state index >= 15 is 0 Å². The van der Waals surface area contributed by atoms with Crippen LogP contribution in [0.15, 0.2) is 60.8 Å². The van der Waals surface area contributed by atoms with E-state index in [9.17, 15) is 0 Å². The molecule has 3 rings (SSSR count). The highest BCUT2D eigenvalue weighted by Gasteiger charge is 2.02. The molecule has 0 aliphatic rings. The topological polar surface area (TPSA) is 38.9 Å². The number of aromatic nitrogens is 1. The highest BCUT2D eigenvalue weighted by molar-refractivity contribution is 7.18. The molecule has 0 unspecified atom stereocenters. The Labute approximate surface area is 116 Å². The van der Waals surface area contributed by atoms with E-state index in [0.29, 0.717) is 5.13 Å². The first-order valence-corrected chi connectivity index (χ1v) is 6.97. The third-order valence-electron chi connectivity index (χ3n) is 3.01. The van der Waals surface area contributed by atoms with Crippen molar-refractivity contribution in [2.24, 2.45) is 0 Å². The average Bonchev–Trinajstić information content (AvgIpc) is 2.87. The smallest absolute Gasteiger partial charge is 0.180 e. The molecule has 2 nitrogen and oxygen atoms in total. The van der Waals surface area contributed by atoms with Crippen LogP contribution in [0.4, 0.5) is 5.13 Å². The number of rotatable bonds is 3. The van der Waals surface area contributed by atoms with E-state index in [4.69, 9.17) is 5.73 Å². The molecule has 0 saturated heterocycles. The molecule has 19 heavy (non-hydrogen) atoms. The van der Waals surface area contributed by atoms with Crippen molar-refractivity contribution in [3.63, 3.8) is 0 Å². The second-order valence-corrected chi connectivity index (χ2v) is 5.48. The van der Waals surface area contributed by atoms with Gasteiger partial charge in [-0.3, -0.25) is 0 Å². The Morgan fingerprint density at radius 3 is 2.21 bits per heavy atom. The molecule has 0 aliphatic heterocycles. The van der Waals surface area contributed by atoms with Crippen molar-refractivity contribution >= 4 is 16.5 Å². The van der Waals surface area contributed by atoms with Gasteiger partial charge < -0.3 is 5.73 Å². The summed E-state index contributed by atoms with van der Waals surface area (Å²) < 4.78 is 0. The lowest BCUT2D eigenvalue weighted by Gasteiger charge is -2.03. The minimum absolute atomic E-state index is 0.614. The molecule has 0 amide bonds. The summed E-state index contributed by atoms with van der Waals surface area (Å²) in [6, 6.07) is 19.1. The third kappa shape index (κ3) is 2.83. The Balaban J connectivity index is 1.79. The predicted molar refractivity (Wildman–Crippen MR) is 81.2 cm³/mol. The molecule has 0 saturated carbocycles. The monoisotopic (exact) mass is 266 g/mol. The molecule has 0 spiro atoms. The second-order valence-electron chi connectivity index (χ2n) is 4.42. The Hall–Kier alpha value is -2.13. The second kappa shape index (κ2) is 5.24. The quantitative estimate of drug-likeness (QED) is 0.778. The summed E-state index contributed by atoms with van der Waals surface area (Å²) in [7, 11) is 0. The van der Waals surface area contributed by atoms with Crippen LogP contribution in [0.5, 0.6) is 0 Å². The largest absolute Gasteiger partial charge is 0.375 e. The zero-order valence-electron chi connectivity index (χ0n) is 10.4. The first kappa shape index (κ1) is 11.9. The van der Waals surface area contributed by atoms with Gasteiger partial charge in [0, 0.05) is 6.20 Å². The normalized spacial score (nSPS) is 10.5. The number of nitrogens with zero attached hydrogens (tertiary/aromatic N) is 1. The maximum atomic E-state index is 5.66. The lowest BCUT2D eigenvalue weighted by molar-refractivity contribution is 1.19. The van der Waals surface area contributed by atoms with Crippen LogP contribution in [-0.2, 0) is 6.42 Å². The molecule has 94 valence electrons. The van der Waals surface area contributed by atoms with Crippen LogP contribution in [-0.4, -0.2) is 4.98 Å². The summed E-state index contributed by atoms with van der Waals surface area (Å²) in [4.78, 5) is 5.19. The highest BCUT2D eigenvalue weighted by Crippen LogP contribution is 2.27. The van der Waals surface area contributed by atoms with Gasteiger partial charge in [0.25, 0.3) is 0 Å². The van der Waals surface area contributed by atoms with Crippen molar-refractivity contribution in [2.45, 2.75) is 6.42 Å². The SMILES string of the molecule is Nc1ncc(-c2ccc(Cc3ccccc3)cc2)s1. The lowest BCUT2D eigenvalue weighted by Crippen LogP contribution is -1.87. The molecule has 0 radical (unpaired) electrons. The van der Waals surface area contributed by atoms with Crippen LogP contribution >= 0.6 is 11.3 Å². The summed E-state index contributed by atoms with van der Waals surface area (Å²) in [6.45, 7) is 0. The van der Waals surface area contributed by atoms with Gasteiger partial charge >= 0.3 is 0 Å². The Morgan fingerprint density at radius 2 is 1.58 bits per heavy atom. The van der Waals surface area contributed by atoms with Gasteiger partial charge in [0.2, 0.25) is 0 Å². The van der Waals surface area contributed by atoms with Gasteiger partial charge in [0.05, 0.1) is 4.88 Å². The van der Waals surface area contributed by atoms with Gasteiger partial charge in [0.15, 0.2) is 5.13 Å². The van der Waals surface area contributed by atoms with Gasteiger partial charge in [-0.15, -0.1) is 0 Å². The molecular formula is C16H14N2S. The van der Waals surface area contributed by atoms with Gasteiger partial charge in [-0.1, -0.05) is 65.9 Å². The number of hydrogen-bond donors (Lipinski definition) is 1. The van der Waals surface area contributed by atoms with Crippen LogP contribution in [0.3, 0.4) is 0 Å². The first-order valence-electron chi connectivity index (χ1n) is 6.16.